The maximum absolute atomic E-state index is 13.2. The Morgan fingerprint density at radius 2 is 1.78 bits per heavy atom. The number of ether oxygens (including phenoxy) is 2. The van der Waals surface area contributed by atoms with Crippen LogP contribution >= 0.6 is 15.9 Å². The van der Waals surface area contributed by atoms with Gasteiger partial charge < -0.3 is 14.4 Å². The van der Waals surface area contributed by atoms with Gasteiger partial charge in [0.1, 0.15) is 5.75 Å². The number of esters is 1. The summed E-state index contributed by atoms with van der Waals surface area (Å²) in [4.78, 5) is 26.7. The van der Waals surface area contributed by atoms with Crippen molar-refractivity contribution in [1.82, 2.24) is 4.90 Å². The molecule has 0 saturated heterocycles. The Morgan fingerprint density at radius 3 is 2.44 bits per heavy atom. The first kappa shape index (κ1) is 21.0. The molecule has 27 heavy (non-hydrogen) atoms. The fourth-order valence-corrected chi connectivity index (χ4v) is 3.00. The number of carbonyl (C=O) groups excluding carboxylic acids is 2. The molecule has 1 amide bonds. The maximum Gasteiger partial charge on any atom is 0.307 e. The van der Waals surface area contributed by atoms with E-state index in [-0.39, 0.29) is 24.8 Å². The molecule has 144 valence electrons. The topological polar surface area (TPSA) is 55.8 Å². The molecule has 2 aromatic carbocycles. The highest BCUT2D eigenvalue weighted by Crippen LogP contribution is 2.25. The van der Waals surface area contributed by atoms with E-state index in [9.17, 15) is 9.59 Å². The lowest BCUT2D eigenvalue weighted by Crippen LogP contribution is -2.33. The van der Waals surface area contributed by atoms with Crippen LogP contribution in [0.4, 0.5) is 0 Å². The summed E-state index contributed by atoms with van der Waals surface area (Å²) in [7, 11) is 0. The predicted octanol–water partition coefficient (Wildman–Crippen LogP) is 4.44. The Kier molecular flexibility index (Phi) is 8.33. The molecule has 0 radical (unpaired) electrons. The van der Waals surface area contributed by atoms with E-state index in [4.69, 9.17) is 9.47 Å². The van der Waals surface area contributed by atoms with Crippen molar-refractivity contribution in [3.8, 4) is 5.75 Å². The van der Waals surface area contributed by atoms with Gasteiger partial charge in [-0.3, -0.25) is 9.59 Å². The number of hydrogen-bond acceptors (Lipinski definition) is 4. The molecule has 0 bridgehead atoms. The molecule has 0 aliphatic carbocycles. The molecule has 2 aromatic rings. The first-order valence-corrected chi connectivity index (χ1v) is 9.75. The van der Waals surface area contributed by atoms with Gasteiger partial charge in [0.25, 0.3) is 5.91 Å². The SMILES string of the molecule is CCOC(=O)CCN(Cc1ccccc1)C(=O)c1cc(Br)ccc1OCC. The van der Waals surface area contributed by atoms with Gasteiger partial charge in [-0.05, 0) is 37.6 Å². The Labute approximate surface area is 168 Å². The molecule has 0 fully saturated rings. The average molecular weight is 434 g/mol. The first-order chi connectivity index (χ1) is 13.0. The molecule has 6 heteroatoms. The molecule has 0 heterocycles. The van der Waals surface area contributed by atoms with E-state index in [2.05, 4.69) is 15.9 Å². The molecule has 0 atom stereocenters. The third-order valence-electron chi connectivity index (χ3n) is 3.87. The number of nitrogens with zero attached hydrogens (tertiary/aromatic N) is 1. The number of halogens is 1. The van der Waals surface area contributed by atoms with E-state index in [0.29, 0.717) is 31.1 Å². The highest BCUT2D eigenvalue weighted by Gasteiger charge is 2.21. The molecular weight excluding hydrogens is 410 g/mol. The molecule has 0 N–H and O–H groups in total. The lowest BCUT2D eigenvalue weighted by atomic mass is 10.1. The van der Waals surface area contributed by atoms with Crippen molar-refractivity contribution in [2.75, 3.05) is 19.8 Å². The van der Waals surface area contributed by atoms with Crippen LogP contribution in [0.2, 0.25) is 0 Å². The van der Waals surface area contributed by atoms with Gasteiger partial charge in [-0.1, -0.05) is 46.3 Å². The average Bonchev–Trinajstić information content (AvgIpc) is 2.67. The quantitative estimate of drug-likeness (QED) is 0.548. The van der Waals surface area contributed by atoms with E-state index in [0.717, 1.165) is 10.0 Å². The summed E-state index contributed by atoms with van der Waals surface area (Å²) in [6.45, 7) is 5.09. The third-order valence-corrected chi connectivity index (χ3v) is 4.36. The van der Waals surface area contributed by atoms with Gasteiger partial charge >= 0.3 is 5.97 Å². The second-order valence-electron chi connectivity index (χ2n) is 5.84. The van der Waals surface area contributed by atoms with Crippen LogP contribution in [0.1, 0.15) is 36.2 Å². The highest BCUT2D eigenvalue weighted by molar-refractivity contribution is 9.10. The predicted molar refractivity (Wildman–Crippen MR) is 108 cm³/mol. The normalized spacial score (nSPS) is 10.3. The Morgan fingerprint density at radius 1 is 1.04 bits per heavy atom. The molecule has 0 aliphatic heterocycles. The summed E-state index contributed by atoms with van der Waals surface area (Å²) in [6.07, 6.45) is 0.143. The van der Waals surface area contributed by atoms with Crippen LogP contribution in [0, 0.1) is 0 Å². The summed E-state index contributed by atoms with van der Waals surface area (Å²) in [5, 5.41) is 0. The van der Waals surface area contributed by atoms with E-state index in [1.165, 1.54) is 0 Å². The van der Waals surface area contributed by atoms with Gasteiger partial charge in [-0.25, -0.2) is 0 Å². The number of rotatable bonds is 9. The summed E-state index contributed by atoms with van der Waals surface area (Å²) in [5.41, 5.74) is 1.45. The third kappa shape index (κ3) is 6.40. The fourth-order valence-electron chi connectivity index (χ4n) is 2.64. The number of amides is 1. The van der Waals surface area contributed by atoms with Crippen molar-refractivity contribution >= 4 is 27.8 Å². The molecule has 2 rings (SSSR count). The number of hydrogen-bond donors (Lipinski definition) is 0. The summed E-state index contributed by atoms with van der Waals surface area (Å²) in [5.74, 6) is 0.0235. The van der Waals surface area contributed by atoms with Crippen molar-refractivity contribution in [1.29, 1.82) is 0 Å². The molecule has 0 saturated carbocycles. The van der Waals surface area contributed by atoms with Crippen LogP contribution < -0.4 is 4.74 Å². The largest absolute Gasteiger partial charge is 0.493 e. The highest BCUT2D eigenvalue weighted by atomic mass is 79.9. The van der Waals surface area contributed by atoms with Crippen molar-refractivity contribution in [3.63, 3.8) is 0 Å². The molecule has 0 unspecified atom stereocenters. The second kappa shape index (κ2) is 10.7. The summed E-state index contributed by atoms with van der Waals surface area (Å²) in [6, 6.07) is 15.0. The van der Waals surface area contributed by atoms with E-state index < -0.39 is 0 Å². The van der Waals surface area contributed by atoms with Crippen LogP contribution in [-0.2, 0) is 16.1 Å². The van der Waals surface area contributed by atoms with E-state index in [1.54, 1.807) is 24.0 Å². The zero-order chi connectivity index (χ0) is 19.6. The van der Waals surface area contributed by atoms with E-state index >= 15 is 0 Å². The Hall–Kier alpha value is -2.34. The number of carbonyl (C=O) groups is 2. The monoisotopic (exact) mass is 433 g/mol. The van der Waals surface area contributed by atoms with Crippen LogP contribution in [0.3, 0.4) is 0 Å². The van der Waals surface area contributed by atoms with E-state index in [1.807, 2.05) is 43.3 Å². The maximum atomic E-state index is 13.2. The lowest BCUT2D eigenvalue weighted by molar-refractivity contribution is -0.143. The Balaban J connectivity index is 2.27. The standard InChI is InChI=1S/C21H24BrNO4/c1-3-26-19-11-10-17(22)14-18(19)21(25)23(13-12-20(24)27-4-2)15-16-8-6-5-7-9-16/h5-11,14H,3-4,12-13,15H2,1-2H3. The van der Waals surface area contributed by atoms with Gasteiger partial charge in [-0.2, -0.15) is 0 Å². The van der Waals surface area contributed by atoms with Crippen LogP contribution in [-0.4, -0.2) is 36.5 Å². The second-order valence-corrected chi connectivity index (χ2v) is 6.76. The van der Waals surface area contributed by atoms with Gasteiger partial charge in [0.2, 0.25) is 0 Å². The Bertz CT molecular complexity index is 764. The first-order valence-electron chi connectivity index (χ1n) is 8.96. The van der Waals surface area contributed by atoms with Crippen molar-refractivity contribution in [3.05, 3.63) is 64.1 Å². The summed E-state index contributed by atoms with van der Waals surface area (Å²) < 4.78 is 11.4. The zero-order valence-corrected chi connectivity index (χ0v) is 17.2. The smallest absolute Gasteiger partial charge is 0.307 e. The molecular formula is C21H24BrNO4. The summed E-state index contributed by atoms with van der Waals surface area (Å²) >= 11 is 3.41. The van der Waals surface area contributed by atoms with Crippen LogP contribution in [0.15, 0.2) is 53.0 Å². The minimum absolute atomic E-state index is 0.143. The molecule has 5 nitrogen and oxygen atoms in total. The molecule has 0 aliphatic rings. The van der Waals surface area contributed by atoms with Crippen molar-refractivity contribution in [2.45, 2.75) is 26.8 Å². The number of benzene rings is 2. The fraction of sp³-hybridized carbons (Fsp3) is 0.333. The van der Waals surface area contributed by atoms with Gasteiger partial charge in [0.05, 0.1) is 25.2 Å². The molecule has 0 aromatic heterocycles. The molecule has 0 spiro atoms. The van der Waals surface area contributed by atoms with Crippen molar-refractivity contribution < 1.29 is 19.1 Å². The van der Waals surface area contributed by atoms with Crippen LogP contribution in [0.25, 0.3) is 0 Å². The lowest BCUT2D eigenvalue weighted by Gasteiger charge is -2.24. The van der Waals surface area contributed by atoms with Gasteiger partial charge in [-0.15, -0.1) is 0 Å². The van der Waals surface area contributed by atoms with Gasteiger partial charge in [0, 0.05) is 17.6 Å². The van der Waals surface area contributed by atoms with Gasteiger partial charge in [0.15, 0.2) is 0 Å². The minimum atomic E-state index is -0.317. The minimum Gasteiger partial charge on any atom is -0.493 e. The van der Waals surface area contributed by atoms with Crippen LogP contribution in [0.5, 0.6) is 5.75 Å². The zero-order valence-electron chi connectivity index (χ0n) is 15.6. The van der Waals surface area contributed by atoms with Crippen molar-refractivity contribution in [2.24, 2.45) is 0 Å².